The summed E-state index contributed by atoms with van der Waals surface area (Å²) in [6.07, 6.45) is 3.64. The highest BCUT2D eigenvalue weighted by Gasteiger charge is 2.11. The Morgan fingerprint density at radius 2 is 2.14 bits per heavy atom. The molecule has 1 rings (SSSR count). The molecule has 0 saturated carbocycles. The van der Waals surface area contributed by atoms with Gasteiger partial charge in [-0.25, -0.2) is 4.98 Å². The summed E-state index contributed by atoms with van der Waals surface area (Å²) in [5, 5.41) is 0. The fourth-order valence-electron chi connectivity index (χ4n) is 1.26. The van der Waals surface area contributed by atoms with E-state index in [-0.39, 0.29) is 0 Å². The molecule has 0 unspecified atom stereocenters. The molecule has 0 saturated heterocycles. The lowest BCUT2D eigenvalue weighted by atomic mass is 9.92. The predicted molar refractivity (Wildman–Crippen MR) is 56.4 cm³/mol. The number of hydrogen-bond donors (Lipinski definition) is 0. The van der Waals surface area contributed by atoms with Crippen molar-refractivity contribution in [1.82, 2.24) is 9.55 Å². The van der Waals surface area contributed by atoms with Crippen molar-refractivity contribution < 1.29 is 4.79 Å². The van der Waals surface area contributed by atoms with E-state index in [0.29, 0.717) is 11.1 Å². The molecular weight excluding hydrogens is 176 g/mol. The number of hydrogen-bond acceptors (Lipinski definition) is 2. The first-order chi connectivity index (χ1) is 6.44. The van der Waals surface area contributed by atoms with Gasteiger partial charge in [-0.1, -0.05) is 20.8 Å². The van der Waals surface area contributed by atoms with Gasteiger partial charge in [-0.15, -0.1) is 0 Å². The van der Waals surface area contributed by atoms with Crippen LogP contribution in [0.25, 0.3) is 0 Å². The standard InChI is InChI=1S/C11H18N2O/c1-9-10(7-14)12-8-13(9)6-5-11(2,3)4/h7-8H,5-6H2,1-4H3. The Morgan fingerprint density at radius 1 is 1.50 bits per heavy atom. The number of aromatic nitrogens is 2. The Hall–Kier alpha value is -1.12. The van der Waals surface area contributed by atoms with E-state index in [2.05, 4.69) is 25.8 Å². The number of imidazole rings is 1. The molecule has 3 heteroatoms. The van der Waals surface area contributed by atoms with Crippen molar-refractivity contribution in [2.45, 2.75) is 40.7 Å². The van der Waals surface area contributed by atoms with Crippen LogP contribution in [0.1, 0.15) is 43.4 Å². The van der Waals surface area contributed by atoms with Crippen LogP contribution in [0, 0.1) is 12.3 Å². The molecule has 0 radical (unpaired) electrons. The number of aryl methyl sites for hydroxylation is 1. The van der Waals surface area contributed by atoms with Crippen molar-refractivity contribution in [1.29, 1.82) is 0 Å². The van der Waals surface area contributed by atoms with Crippen LogP contribution in [-0.4, -0.2) is 15.8 Å². The first kappa shape index (κ1) is 11.0. The second kappa shape index (κ2) is 3.95. The molecule has 0 fully saturated rings. The van der Waals surface area contributed by atoms with E-state index in [0.717, 1.165) is 24.9 Å². The summed E-state index contributed by atoms with van der Waals surface area (Å²) < 4.78 is 2.04. The maximum atomic E-state index is 10.6. The Bertz CT molecular complexity index is 321. The lowest BCUT2D eigenvalue weighted by molar-refractivity contribution is 0.111. The molecule has 0 amide bonds. The van der Waals surface area contributed by atoms with Crippen LogP contribution in [0.5, 0.6) is 0 Å². The van der Waals surface area contributed by atoms with Crippen LogP contribution in [0.3, 0.4) is 0 Å². The number of aldehydes is 1. The average Bonchev–Trinajstić information content (AvgIpc) is 2.42. The third-order valence-electron chi connectivity index (χ3n) is 2.35. The van der Waals surface area contributed by atoms with Gasteiger partial charge in [0.2, 0.25) is 0 Å². The third kappa shape index (κ3) is 2.69. The van der Waals surface area contributed by atoms with E-state index >= 15 is 0 Å². The number of carbonyl (C=O) groups excluding carboxylic acids is 1. The highest BCUT2D eigenvalue weighted by Crippen LogP contribution is 2.20. The van der Waals surface area contributed by atoms with Gasteiger partial charge in [0.25, 0.3) is 0 Å². The van der Waals surface area contributed by atoms with E-state index in [9.17, 15) is 4.79 Å². The predicted octanol–water partition coefficient (Wildman–Crippen LogP) is 2.44. The van der Waals surface area contributed by atoms with Crippen molar-refractivity contribution >= 4 is 6.29 Å². The largest absolute Gasteiger partial charge is 0.334 e. The first-order valence-electron chi connectivity index (χ1n) is 4.91. The second-order valence-electron chi connectivity index (χ2n) is 4.84. The SMILES string of the molecule is Cc1c(C=O)ncn1CCC(C)(C)C. The zero-order chi connectivity index (χ0) is 10.8. The molecule has 0 atom stereocenters. The smallest absolute Gasteiger partial charge is 0.170 e. The molecule has 0 aliphatic heterocycles. The van der Waals surface area contributed by atoms with Crippen molar-refractivity contribution in [2.75, 3.05) is 0 Å². The minimum atomic E-state index is 0.318. The fraction of sp³-hybridized carbons (Fsp3) is 0.636. The third-order valence-corrected chi connectivity index (χ3v) is 2.35. The average molecular weight is 194 g/mol. The normalized spacial score (nSPS) is 11.7. The van der Waals surface area contributed by atoms with Gasteiger partial charge in [-0.05, 0) is 18.8 Å². The summed E-state index contributed by atoms with van der Waals surface area (Å²) in [6, 6.07) is 0. The minimum Gasteiger partial charge on any atom is -0.334 e. The van der Waals surface area contributed by atoms with Gasteiger partial charge in [-0.3, -0.25) is 4.79 Å². The number of nitrogens with zero attached hydrogens (tertiary/aromatic N) is 2. The van der Waals surface area contributed by atoms with Gasteiger partial charge in [0.15, 0.2) is 6.29 Å². The quantitative estimate of drug-likeness (QED) is 0.693. The van der Waals surface area contributed by atoms with Crippen molar-refractivity contribution in [2.24, 2.45) is 5.41 Å². The molecule has 3 nitrogen and oxygen atoms in total. The van der Waals surface area contributed by atoms with Crippen LogP contribution in [-0.2, 0) is 6.54 Å². The van der Waals surface area contributed by atoms with Crippen LogP contribution >= 0.6 is 0 Å². The topological polar surface area (TPSA) is 34.9 Å². The molecule has 1 aromatic rings. The van der Waals surface area contributed by atoms with Crippen LogP contribution in [0.15, 0.2) is 6.33 Å². The zero-order valence-electron chi connectivity index (χ0n) is 9.37. The molecular formula is C11H18N2O. The molecule has 0 aliphatic rings. The first-order valence-corrected chi connectivity index (χ1v) is 4.91. The molecule has 0 N–H and O–H groups in total. The van der Waals surface area contributed by atoms with Gasteiger partial charge in [0.1, 0.15) is 5.69 Å². The van der Waals surface area contributed by atoms with Crippen LogP contribution in [0.4, 0.5) is 0 Å². The number of rotatable bonds is 3. The maximum Gasteiger partial charge on any atom is 0.170 e. The summed E-state index contributed by atoms with van der Waals surface area (Å²) in [4.78, 5) is 14.6. The van der Waals surface area contributed by atoms with E-state index in [1.54, 1.807) is 6.33 Å². The maximum absolute atomic E-state index is 10.6. The molecule has 0 bridgehead atoms. The van der Waals surface area contributed by atoms with E-state index in [4.69, 9.17) is 0 Å². The Kier molecular flexibility index (Phi) is 3.09. The van der Waals surface area contributed by atoms with Crippen molar-refractivity contribution in [3.63, 3.8) is 0 Å². The fourth-order valence-corrected chi connectivity index (χ4v) is 1.26. The van der Waals surface area contributed by atoms with Crippen molar-refractivity contribution in [3.8, 4) is 0 Å². The highest BCUT2D eigenvalue weighted by molar-refractivity contribution is 5.73. The van der Waals surface area contributed by atoms with Crippen LogP contribution < -0.4 is 0 Å². The summed E-state index contributed by atoms with van der Waals surface area (Å²) in [6.45, 7) is 9.48. The molecule has 0 aliphatic carbocycles. The molecule has 1 aromatic heterocycles. The Morgan fingerprint density at radius 3 is 2.57 bits per heavy atom. The van der Waals surface area contributed by atoms with E-state index < -0.39 is 0 Å². The van der Waals surface area contributed by atoms with Gasteiger partial charge < -0.3 is 4.57 Å². The Labute approximate surface area is 85.2 Å². The summed E-state index contributed by atoms with van der Waals surface area (Å²) >= 11 is 0. The molecule has 1 heterocycles. The van der Waals surface area contributed by atoms with Gasteiger partial charge in [0, 0.05) is 12.2 Å². The summed E-state index contributed by atoms with van der Waals surface area (Å²) in [7, 11) is 0. The molecule has 14 heavy (non-hydrogen) atoms. The zero-order valence-corrected chi connectivity index (χ0v) is 9.37. The lowest BCUT2D eigenvalue weighted by Gasteiger charge is -2.18. The lowest BCUT2D eigenvalue weighted by Crippen LogP contribution is -2.10. The monoisotopic (exact) mass is 194 g/mol. The molecule has 0 spiro atoms. The number of carbonyl (C=O) groups is 1. The highest BCUT2D eigenvalue weighted by atomic mass is 16.1. The summed E-state index contributed by atoms with van der Waals surface area (Å²) in [5.74, 6) is 0. The molecule has 0 aromatic carbocycles. The van der Waals surface area contributed by atoms with E-state index in [1.807, 2.05) is 11.5 Å². The van der Waals surface area contributed by atoms with Crippen LogP contribution in [0.2, 0.25) is 0 Å². The molecule has 78 valence electrons. The second-order valence-corrected chi connectivity index (χ2v) is 4.84. The van der Waals surface area contributed by atoms with Gasteiger partial charge in [-0.2, -0.15) is 0 Å². The Balaban J connectivity index is 2.68. The summed E-state index contributed by atoms with van der Waals surface area (Å²) in [5.41, 5.74) is 1.83. The van der Waals surface area contributed by atoms with Gasteiger partial charge >= 0.3 is 0 Å². The van der Waals surface area contributed by atoms with Crippen molar-refractivity contribution in [3.05, 3.63) is 17.7 Å². The van der Waals surface area contributed by atoms with E-state index in [1.165, 1.54) is 0 Å². The van der Waals surface area contributed by atoms with Gasteiger partial charge in [0.05, 0.1) is 6.33 Å². The minimum absolute atomic E-state index is 0.318.